The lowest BCUT2D eigenvalue weighted by Gasteiger charge is -2.20. The highest BCUT2D eigenvalue weighted by molar-refractivity contribution is 6.03. The fraction of sp³-hybridized carbons (Fsp3) is 0.333. The number of nitrogens with zero attached hydrogens (tertiary/aromatic N) is 2. The molecule has 0 aliphatic heterocycles. The Balaban J connectivity index is 1.80. The predicted octanol–water partition coefficient (Wildman–Crippen LogP) is 3.98. The molecule has 0 unspecified atom stereocenters. The van der Waals surface area contributed by atoms with Gasteiger partial charge in [0.25, 0.3) is 11.5 Å². The minimum Gasteiger partial charge on any atom is -0.451 e. The SMILES string of the molecule is CC(C)c1cccc(C(C)C)c1NC(=O)COC(=O)c1nn(C)c(=O)c2ccccc12. The van der Waals surface area contributed by atoms with E-state index in [1.165, 1.54) is 7.05 Å². The topological polar surface area (TPSA) is 90.3 Å². The van der Waals surface area contributed by atoms with Crippen molar-refractivity contribution in [2.45, 2.75) is 39.5 Å². The first-order valence-corrected chi connectivity index (χ1v) is 10.3. The van der Waals surface area contributed by atoms with Gasteiger partial charge in [-0.1, -0.05) is 64.1 Å². The maximum Gasteiger partial charge on any atom is 0.359 e. The zero-order chi connectivity index (χ0) is 22.7. The van der Waals surface area contributed by atoms with Gasteiger partial charge in [-0.05, 0) is 29.0 Å². The Bertz CT molecular complexity index is 1170. The normalized spacial score (nSPS) is 11.2. The highest BCUT2D eigenvalue weighted by Crippen LogP contribution is 2.32. The Hall–Kier alpha value is -3.48. The van der Waals surface area contributed by atoms with Gasteiger partial charge < -0.3 is 10.1 Å². The molecule has 0 aliphatic rings. The Labute approximate surface area is 181 Å². The molecule has 0 aliphatic carbocycles. The molecule has 0 radical (unpaired) electrons. The Morgan fingerprint density at radius 1 is 0.968 bits per heavy atom. The molecule has 1 aromatic heterocycles. The standard InChI is InChI=1S/C24H27N3O4/c1-14(2)16-11-8-12-17(15(3)4)21(16)25-20(28)13-31-24(30)22-18-9-6-7-10-19(18)23(29)27(5)26-22/h6-12,14-15H,13H2,1-5H3,(H,25,28). The Morgan fingerprint density at radius 2 is 1.55 bits per heavy atom. The Kier molecular flexibility index (Phi) is 6.53. The summed E-state index contributed by atoms with van der Waals surface area (Å²) in [4.78, 5) is 37.5. The summed E-state index contributed by atoms with van der Waals surface area (Å²) in [5.74, 6) is -0.754. The largest absolute Gasteiger partial charge is 0.451 e. The predicted molar refractivity (Wildman–Crippen MR) is 121 cm³/mol. The molecule has 7 nitrogen and oxygen atoms in total. The minimum absolute atomic E-state index is 0.00375. The molecule has 1 amide bonds. The number of para-hydroxylation sites is 1. The molecule has 1 heterocycles. The van der Waals surface area contributed by atoms with E-state index in [9.17, 15) is 14.4 Å². The van der Waals surface area contributed by atoms with Crippen molar-refractivity contribution in [3.8, 4) is 0 Å². The van der Waals surface area contributed by atoms with E-state index in [0.717, 1.165) is 21.5 Å². The number of ether oxygens (including phenoxy) is 1. The summed E-state index contributed by atoms with van der Waals surface area (Å²) >= 11 is 0. The number of aryl methyl sites for hydroxylation is 1. The van der Waals surface area contributed by atoms with Gasteiger partial charge in [0, 0.05) is 18.1 Å². The van der Waals surface area contributed by atoms with E-state index < -0.39 is 18.5 Å². The first-order chi connectivity index (χ1) is 14.7. The third-order valence-corrected chi connectivity index (χ3v) is 5.12. The number of hydrogen-bond acceptors (Lipinski definition) is 5. The zero-order valence-electron chi connectivity index (χ0n) is 18.4. The summed E-state index contributed by atoms with van der Waals surface area (Å²) in [5.41, 5.74) is 2.50. The lowest BCUT2D eigenvalue weighted by Crippen LogP contribution is -2.26. The number of benzene rings is 2. The van der Waals surface area contributed by atoms with Crippen LogP contribution >= 0.6 is 0 Å². The second-order valence-corrected chi connectivity index (χ2v) is 8.07. The monoisotopic (exact) mass is 421 g/mol. The number of carbonyl (C=O) groups is 2. The number of esters is 1. The molecular weight excluding hydrogens is 394 g/mol. The second-order valence-electron chi connectivity index (χ2n) is 8.07. The molecule has 162 valence electrons. The highest BCUT2D eigenvalue weighted by atomic mass is 16.5. The first-order valence-electron chi connectivity index (χ1n) is 10.3. The third-order valence-electron chi connectivity index (χ3n) is 5.12. The van der Waals surface area contributed by atoms with Gasteiger partial charge in [0.15, 0.2) is 12.3 Å². The molecular formula is C24H27N3O4. The van der Waals surface area contributed by atoms with Gasteiger partial charge in [0.2, 0.25) is 0 Å². The van der Waals surface area contributed by atoms with E-state index in [-0.39, 0.29) is 23.1 Å². The van der Waals surface area contributed by atoms with Gasteiger partial charge in [0.05, 0.1) is 5.39 Å². The maximum absolute atomic E-state index is 12.6. The summed E-state index contributed by atoms with van der Waals surface area (Å²) in [7, 11) is 1.47. The summed E-state index contributed by atoms with van der Waals surface area (Å²) in [6, 6.07) is 12.6. The van der Waals surface area contributed by atoms with Gasteiger partial charge in [-0.3, -0.25) is 9.59 Å². The molecule has 2 aromatic carbocycles. The molecule has 1 N–H and O–H groups in total. The molecule has 0 spiro atoms. The molecule has 0 atom stereocenters. The van der Waals surface area contributed by atoms with Gasteiger partial charge in [0.1, 0.15) is 0 Å². The quantitative estimate of drug-likeness (QED) is 0.608. The van der Waals surface area contributed by atoms with Crippen LogP contribution < -0.4 is 10.9 Å². The maximum atomic E-state index is 12.6. The van der Waals surface area contributed by atoms with Crippen molar-refractivity contribution in [2.24, 2.45) is 7.05 Å². The molecule has 7 heteroatoms. The molecule has 0 saturated carbocycles. The highest BCUT2D eigenvalue weighted by Gasteiger charge is 2.20. The lowest BCUT2D eigenvalue weighted by atomic mass is 9.92. The molecule has 0 saturated heterocycles. The number of carbonyl (C=O) groups excluding carboxylic acids is 2. The summed E-state index contributed by atoms with van der Waals surface area (Å²) in [5, 5.41) is 7.71. The van der Waals surface area contributed by atoms with E-state index >= 15 is 0 Å². The van der Waals surface area contributed by atoms with E-state index in [2.05, 4.69) is 38.1 Å². The minimum atomic E-state index is -0.761. The van der Waals surface area contributed by atoms with Gasteiger partial charge >= 0.3 is 5.97 Å². The number of amides is 1. The average Bonchev–Trinajstić information content (AvgIpc) is 2.74. The van der Waals surface area contributed by atoms with E-state index in [0.29, 0.717) is 10.8 Å². The van der Waals surface area contributed by atoms with Crippen LogP contribution in [0.1, 0.15) is 61.1 Å². The average molecular weight is 421 g/mol. The lowest BCUT2D eigenvalue weighted by molar-refractivity contribution is -0.119. The number of nitrogens with one attached hydrogen (secondary N) is 1. The smallest absolute Gasteiger partial charge is 0.359 e. The Morgan fingerprint density at radius 3 is 2.13 bits per heavy atom. The second kappa shape index (κ2) is 9.12. The molecule has 0 bridgehead atoms. The number of hydrogen-bond donors (Lipinski definition) is 1. The van der Waals surface area contributed by atoms with Crippen LogP contribution in [0, 0.1) is 0 Å². The summed E-state index contributed by atoms with van der Waals surface area (Å²) in [6.07, 6.45) is 0. The van der Waals surface area contributed by atoms with Crippen LogP contribution in [-0.4, -0.2) is 28.3 Å². The van der Waals surface area contributed by atoms with E-state index in [1.807, 2.05) is 18.2 Å². The van der Waals surface area contributed by atoms with Crippen LogP contribution in [0.2, 0.25) is 0 Å². The number of rotatable bonds is 6. The number of anilines is 1. The number of aromatic nitrogens is 2. The van der Waals surface area contributed by atoms with E-state index in [1.54, 1.807) is 24.3 Å². The number of fused-ring (bicyclic) bond motifs is 1. The van der Waals surface area contributed by atoms with Gasteiger partial charge in [-0.25, -0.2) is 9.48 Å². The zero-order valence-corrected chi connectivity index (χ0v) is 18.4. The van der Waals surface area contributed by atoms with Gasteiger partial charge in [-0.15, -0.1) is 0 Å². The fourth-order valence-electron chi connectivity index (χ4n) is 3.52. The summed E-state index contributed by atoms with van der Waals surface area (Å²) < 4.78 is 6.33. The van der Waals surface area contributed by atoms with Crippen molar-refractivity contribution in [1.82, 2.24) is 9.78 Å². The summed E-state index contributed by atoms with van der Waals surface area (Å²) in [6.45, 7) is 7.79. The van der Waals surface area contributed by atoms with E-state index in [4.69, 9.17) is 4.74 Å². The van der Waals surface area contributed by atoms with Crippen molar-refractivity contribution in [1.29, 1.82) is 0 Å². The van der Waals surface area contributed by atoms with Crippen molar-refractivity contribution in [3.05, 3.63) is 69.6 Å². The van der Waals surface area contributed by atoms with Crippen LogP contribution in [0.5, 0.6) is 0 Å². The van der Waals surface area contributed by atoms with Crippen LogP contribution in [-0.2, 0) is 16.6 Å². The van der Waals surface area contributed by atoms with Crippen molar-refractivity contribution < 1.29 is 14.3 Å². The van der Waals surface area contributed by atoms with Crippen molar-refractivity contribution in [2.75, 3.05) is 11.9 Å². The third kappa shape index (κ3) is 4.66. The van der Waals surface area contributed by atoms with Crippen molar-refractivity contribution in [3.63, 3.8) is 0 Å². The molecule has 31 heavy (non-hydrogen) atoms. The van der Waals surface area contributed by atoms with Crippen LogP contribution in [0.4, 0.5) is 5.69 Å². The van der Waals surface area contributed by atoms with Crippen LogP contribution in [0.15, 0.2) is 47.3 Å². The molecule has 3 rings (SSSR count). The first kappa shape index (κ1) is 22.2. The van der Waals surface area contributed by atoms with Crippen LogP contribution in [0.3, 0.4) is 0 Å². The van der Waals surface area contributed by atoms with Crippen LogP contribution in [0.25, 0.3) is 10.8 Å². The fourth-order valence-corrected chi connectivity index (χ4v) is 3.52. The van der Waals surface area contributed by atoms with Gasteiger partial charge in [-0.2, -0.15) is 5.10 Å². The van der Waals surface area contributed by atoms with Crippen molar-refractivity contribution >= 4 is 28.3 Å². The molecule has 0 fully saturated rings. The molecule has 3 aromatic rings.